The fraction of sp³-hybridized carbons (Fsp3) is 0.208. The monoisotopic (exact) mass is 495 g/mol. The summed E-state index contributed by atoms with van der Waals surface area (Å²) in [7, 11) is 1.53. The fourth-order valence-corrected chi connectivity index (χ4v) is 4.14. The Morgan fingerprint density at radius 3 is 2.62 bits per heavy atom. The number of benzene rings is 2. The first-order chi connectivity index (χ1) is 15.5. The number of carbonyl (C=O) groups is 2. The topological polar surface area (TPSA) is 84.7 Å². The quantitative estimate of drug-likeness (QED) is 0.302. The number of carbonyl (C=O) groups excluding carboxylic acids is 2. The third-order valence-electron chi connectivity index (χ3n) is 5.44. The second kappa shape index (κ2) is 9.40. The molecule has 0 saturated carbocycles. The van der Waals surface area contributed by atoms with E-state index in [4.69, 9.17) is 4.74 Å². The number of aromatic nitrogens is 2. The molecule has 4 rings (SSSR count). The van der Waals surface area contributed by atoms with Crippen LogP contribution >= 0.6 is 15.9 Å². The summed E-state index contributed by atoms with van der Waals surface area (Å²) in [6.45, 7) is 1.02. The lowest BCUT2D eigenvalue weighted by molar-refractivity contribution is -0.139. The van der Waals surface area contributed by atoms with Crippen LogP contribution in [-0.4, -0.2) is 44.9 Å². The van der Waals surface area contributed by atoms with E-state index in [-0.39, 0.29) is 11.3 Å². The Morgan fingerprint density at radius 2 is 1.94 bits per heavy atom. The molecule has 7 nitrogen and oxygen atoms in total. The van der Waals surface area contributed by atoms with Crippen LogP contribution in [0.2, 0.25) is 0 Å². The molecule has 2 aromatic carbocycles. The van der Waals surface area contributed by atoms with Gasteiger partial charge in [-0.1, -0.05) is 40.2 Å². The molecule has 1 aliphatic rings. The number of imidazole rings is 1. The van der Waals surface area contributed by atoms with Crippen LogP contribution in [0.1, 0.15) is 23.6 Å². The maximum absolute atomic E-state index is 13.1. The van der Waals surface area contributed by atoms with Gasteiger partial charge in [-0.15, -0.1) is 0 Å². The predicted octanol–water partition coefficient (Wildman–Crippen LogP) is 4.17. The third-order valence-corrected chi connectivity index (χ3v) is 5.97. The van der Waals surface area contributed by atoms with Crippen molar-refractivity contribution in [2.45, 2.75) is 19.0 Å². The first kappa shape index (κ1) is 21.8. The molecule has 164 valence electrons. The van der Waals surface area contributed by atoms with Crippen LogP contribution in [0, 0.1) is 0 Å². The average Bonchev–Trinajstić information content (AvgIpc) is 3.41. The molecule has 1 fully saturated rings. The molecule has 2 heterocycles. The molecule has 3 aromatic rings. The number of aliphatic hydroxyl groups excluding tert-OH is 1. The van der Waals surface area contributed by atoms with Crippen LogP contribution in [0.4, 0.5) is 0 Å². The minimum absolute atomic E-state index is 0.0770. The van der Waals surface area contributed by atoms with Gasteiger partial charge in [0.1, 0.15) is 11.5 Å². The molecular formula is C24H22BrN3O4. The second-order valence-electron chi connectivity index (χ2n) is 7.43. The summed E-state index contributed by atoms with van der Waals surface area (Å²) in [6.07, 6.45) is 5.89. The summed E-state index contributed by atoms with van der Waals surface area (Å²) in [5, 5.41) is 11.1. The van der Waals surface area contributed by atoms with Gasteiger partial charge >= 0.3 is 0 Å². The highest BCUT2D eigenvalue weighted by molar-refractivity contribution is 9.10. The molecular weight excluding hydrogens is 474 g/mol. The number of aliphatic hydroxyl groups is 1. The largest absolute Gasteiger partial charge is 0.507 e. The number of ketones is 1. The Kier molecular flexibility index (Phi) is 6.41. The Balaban J connectivity index is 1.73. The van der Waals surface area contributed by atoms with Crippen molar-refractivity contribution in [3.8, 4) is 5.75 Å². The first-order valence-electron chi connectivity index (χ1n) is 10.1. The van der Waals surface area contributed by atoms with E-state index in [9.17, 15) is 14.7 Å². The van der Waals surface area contributed by atoms with Crippen molar-refractivity contribution in [3.05, 3.63) is 88.4 Å². The lowest BCUT2D eigenvalue weighted by Crippen LogP contribution is -2.31. The molecule has 1 aromatic heterocycles. The average molecular weight is 496 g/mol. The summed E-state index contributed by atoms with van der Waals surface area (Å²) in [6, 6.07) is 13.5. The van der Waals surface area contributed by atoms with E-state index >= 15 is 0 Å². The summed E-state index contributed by atoms with van der Waals surface area (Å²) in [4.78, 5) is 31.6. The molecule has 0 bridgehead atoms. The summed E-state index contributed by atoms with van der Waals surface area (Å²) < 4.78 is 8.04. The Bertz CT molecular complexity index is 1160. The van der Waals surface area contributed by atoms with Gasteiger partial charge in [0, 0.05) is 35.5 Å². The molecule has 1 atom stereocenters. The number of aryl methyl sites for hydroxylation is 1. The van der Waals surface area contributed by atoms with Crippen LogP contribution in [0.15, 0.2) is 77.3 Å². The van der Waals surface area contributed by atoms with Crippen LogP contribution < -0.4 is 4.74 Å². The van der Waals surface area contributed by atoms with E-state index in [1.54, 1.807) is 36.8 Å². The van der Waals surface area contributed by atoms with E-state index in [0.29, 0.717) is 30.8 Å². The van der Waals surface area contributed by atoms with Crippen molar-refractivity contribution < 1.29 is 19.4 Å². The van der Waals surface area contributed by atoms with Gasteiger partial charge in [-0.05, 0) is 36.2 Å². The lowest BCUT2D eigenvalue weighted by Gasteiger charge is -2.25. The van der Waals surface area contributed by atoms with Gasteiger partial charge in [0.05, 0.1) is 25.1 Å². The van der Waals surface area contributed by atoms with E-state index in [1.807, 2.05) is 35.0 Å². The summed E-state index contributed by atoms with van der Waals surface area (Å²) >= 11 is 3.42. The number of hydrogen-bond acceptors (Lipinski definition) is 5. The van der Waals surface area contributed by atoms with Crippen molar-refractivity contribution in [2.24, 2.45) is 0 Å². The van der Waals surface area contributed by atoms with Gasteiger partial charge < -0.3 is 19.3 Å². The van der Waals surface area contributed by atoms with Crippen LogP contribution in [0.3, 0.4) is 0 Å². The van der Waals surface area contributed by atoms with Crippen molar-refractivity contribution in [2.75, 3.05) is 13.7 Å². The van der Waals surface area contributed by atoms with Gasteiger partial charge in [-0.25, -0.2) is 4.98 Å². The molecule has 8 heteroatoms. The Labute approximate surface area is 194 Å². The van der Waals surface area contributed by atoms with Crippen molar-refractivity contribution in [1.29, 1.82) is 0 Å². The van der Waals surface area contributed by atoms with E-state index in [1.165, 1.54) is 12.0 Å². The number of methoxy groups -OCH3 is 1. The van der Waals surface area contributed by atoms with Crippen molar-refractivity contribution >= 4 is 33.4 Å². The van der Waals surface area contributed by atoms with Crippen molar-refractivity contribution in [3.63, 3.8) is 0 Å². The Morgan fingerprint density at radius 1 is 1.16 bits per heavy atom. The molecule has 1 saturated heterocycles. The number of Topliss-reactive ketones (excluding diaryl/α,β-unsaturated/α-hetero) is 1. The highest BCUT2D eigenvalue weighted by Crippen LogP contribution is 2.40. The van der Waals surface area contributed by atoms with Crippen LogP contribution in [-0.2, 0) is 16.1 Å². The SMILES string of the molecule is COc1cccc(C(O)=C2C(=O)C(=O)N(CCCn3ccnc3)[C@H]2c2ccc(Br)cc2)c1. The number of halogens is 1. The zero-order valence-electron chi connectivity index (χ0n) is 17.4. The predicted molar refractivity (Wildman–Crippen MR) is 123 cm³/mol. The third kappa shape index (κ3) is 4.31. The molecule has 32 heavy (non-hydrogen) atoms. The summed E-state index contributed by atoms with van der Waals surface area (Å²) in [5.74, 6) is -0.982. The number of rotatable bonds is 7. The smallest absolute Gasteiger partial charge is 0.295 e. The molecule has 0 unspecified atom stereocenters. The standard InChI is InChI=1S/C24H22BrN3O4/c1-32-19-5-2-4-17(14-19)22(29)20-21(16-6-8-18(25)9-7-16)28(24(31)23(20)30)12-3-11-27-13-10-26-15-27/h2,4-10,13-15,21,29H,3,11-12H2,1H3/t21-/m0/s1. The van der Waals surface area contributed by atoms with Gasteiger partial charge in [0.25, 0.3) is 11.7 Å². The number of hydrogen-bond donors (Lipinski definition) is 1. The van der Waals surface area contributed by atoms with E-state index in [2.05, 4.69) is 20.9 Å². The summed E-state index contributed by atoms with van der Waals surface area (Å²) in [5.41, 5.74) is 1.25. The molecule has 1 N–H and O–H groups in total. The van der Waals surface area contributed by atoms with Crippen molar-refractivity contribution in [1.82, 2.24) is 14.5 Å². The minimum Gasteiger partial charge on any atom is -0.507 e. The maximum atomic E-state index is 13.1. The molecule has 0 spiro atoms. The molecule has 1 amide bonds. The number of amides is 1. The van der Waals surface area contributed by atoms with Crippen LogP contribution in [0.5, 0.6) is 5.75 Å². The molecule has 0 radical (unpaired) electrons. The zero-order valence-corrected chi connectivity index (χ0v) is 19.0. The minimum atomic E-state index is -0.694. The van der Waals surface area contributed by atoms with Gasteiger partial charge in [-0.3, -0.25) is 9.59 Å². The molecule has 0 aliphatic carbocycles. The lowest BCUT2D eigenvalue weighted by atomic mass is 9.95. The van der Waals surface area contributed by atoms with E-state index < -0.39 is 17.7 Å². The second-order valence-corrected chi connectivity index (χ2v) is 8.35. The van der Waals surface area contributed by atoms with E-state index in [0.717, 1.165) is 10.0 Å². The number of nitrogens with zero attached hydrogens (tertiary/aromatic N) is 3. The fourth-order valence-electron chi connectivity index (χ4n) is 3.87. The maximum Gasteiger partial charge on any atom is 0.295 e. The number of likely N-dealkylation sites (tertiary alicyclic amines) is 1. The van der Waals surface area contributed by atoms with Gasteiger partial charge in [-0.2, -0.15) is 0 Å². The van der Waals surface area contributed by atoms with Gasteiger partial charge in [0.2, 0.25) is 0 Å². The Hall–Kier alpha value is -3.39. The van der Waals surface area contributed by atoms with Gasteiger partial charge in [0.15, 0.2) is 0 Å². The molecule has 1 aliphatic heterocycles. The first-order valence-corrected chi connectivity index (χ1v) is 10.9. The van der Waals surface area contributed by atoms with Crippen LogP contribution in [0.25, 0.3) is 5.76 Å². The zero-order chi connectivity index (χ0) is 22.7. The highest BCUT2D eigenvalue weighted by Gasteiger charge is 2.45. The highest BCUT2D eigenvalue weighted by atomic mass is 79.9. The number of ether oxygens (including phenoxy) is 1. The normalized spacial score (nSPS) is 17.7.